The molecule has 2 unspecified atom stereocenters. The molecule has 0 radical (unpaired) electrons. The highest BCUT2D eigenvalue weighted by atomic mass is 32.2. The molecule has 0 aromatic carbocycles. The van der Waals surface area contributed by atoms with Gasteiger partial charge >= 0.3 is 0 Å². The van der Waals surface area contributed by atoms with Crippen molar-refractivity contribution in [3.05, 3.63) is 11.7 Å². The summed E-state index contributed by atoms with van der Waals surface area (Å²) in [5.74, 6) is 3.57. The van der Waals surface area contributed by atoms with Crippen molar-refractivity contribution < 1.29 is 9.32 Å². The van der Waals surface area contributed by atoms with Gasteiger partial charge in [0.25, 0.3) is 0 Å². The third-order valence-corrected chi connectivity index (χ3v) is 5.83. The van der Waals surface area contributed by atoms with Gasteiger partial charge in [0, 0.05) is 16.8 Å². The smallest absolute Gasteiger partial charge is 0.234 e. The van der Waals surface area contributed by atoms with Crippen LogP contribution < -0.4 is 0 Å². The number of carbonyl (C=O) groups is 1. The molecule has 0 bridgehead atoms. The van der Waals surface area contributed by atoms with Crippen LogP contribution >= 0.6 is 23.5 Å². The van der Waals surface area contributed by atoms with Gasteiger partial charge in [-0.3, -0.25) is 4.79 Å². The molecule has 0 aliphatic carbocycles. The van der Waals surface area contributed by atoms with Gasteiger partial charge in [0.2, 0.25) is 5.89 Å². The molecule has 2 rings (SSSR count). The topological polar surface area (TPSA) is 56.0 Å². The minimum atomic E-state index is 0.0536. The first-order valence-electron chi connectivity index (χ1n) is 5.75. The lowest BCUT2D eigenvalue weighted by Gasteiger charge is -2.27. The summed E-state index contributed by atoms with van der Waals surface area (Å²) in [7, 11) is 0. The average molecular weight is 272 g/mol. The Hall–Kier alpha value is -0.490. The SMILES string of the molecule is CCC1SCCSC1c1noc(CC(C)=O)n1. The molecule has 2 heterocycles. The van der Waals surface area contributed by atoms with Crippen molar-refractivity contribution >= 4 is 29.3 Å². The van der Waals surface area contributed by atoms with Gasteiger partial charge in [-0.1, -0.05) is 12.1 Å². The number of Topliss-reactive ketones (excluding diaryl/α,β-unsaturated/α-hetero) is 1. The Balaban J connectivity index is 2.09. The molecule has 1 fully saturated rings. The van der Waals surface area contributed by atoms with Crippen LogP contribution in [0.4, 0.5) is 0 Å². The van der Waals surface area contributed by atoms with Crippen LogP contribution in [0, 0.1) is 0 Å². The van der Waals surface area contributed by atoms with Gasteiger partial charge in [0.1, 0.15) is 5.78 Å². The largest absolute Gasteiger partial charge is 0.339 e. The molecule has 94 valence electrons. The van der Waals surface area contributed by atoms with E-state index < -0.39 is 0 Å². The van der Waals surface area contributed by atoms with E-state index in [4.69, 9.17) is 4.52 Å². The van der Waals surface area contributed by atoms with E-state index >= 15 is 0 Å². The number of nitrogens with zero attached hydrogens (tertiary/aromatic N) is 2. The lowest BCUT2D eigenvalue weighted by atomic mass is 10.2. The van der Waals surface area contributed by atoms with E-state index in [1.165, 1.54) is 12.7 Å². The maximum absolute atomic E-state index is 11.0. The summed E-state index contributed by atoms with van der Waals surface area (Å²) in [5.41, 5.74) is 0. The van der Waals surface area contributed by atoms with Gasteiger partial charge in [0.15, 0.2) is 5.82 Å². The normalized spacial score (nSPS) is 24.8. The van der Waals surface area contributed by atoms with Crippen LogP contribution in [0.3, 0.4) is 0 Å². The highest BCUT2D eigenvalue weighted by molar-refractivity contribution is 8.06. The third-order valence-electron chi connectivity index (χ3n) is 2.59. The molecule has 0 amide bonds. The Morgan fingerprint density at radius 2 is 2.24 bits per heavy atom. The first-order chi connectivity index (χ1) is 8.20. The molecular formula is C11H16N2O2S2. The standard InChI is InChI=1S/C11H16N2O2S2/c1-3-8-10(17-5-4-16-8)11-12-9(15-13-11)6-7(2)14/h8,10H,3-6H2,1-2H3. The van der Waals surface area contributed by atoms with Gasteiger partial charge in [-0.25, -0.2) is 0 Å². The molecule has 4 nitrogen and oxygen atoms in total. The quantitative estimate of drug-likeness (QED) is 0.839. The second-order valence-corrected chi connectivity index (χ2v) is 6.63. The molecule has 0 N–H and O–H groups in total. The van der Waals surface area contributed by atoms with E-state index in [9.17, 15) is 4.79 Å². The van der Waals surface area contributed by atoms with E-state index in [1.54, 1.807) is 0 Å². The van der Waals surface area contributed by atoms with Gasteiger partial charge < -0.3 is 4.52 Å². The number of hydrogen-bond acceptors (Lipinski definition) is 6. The Morgan fingerprint density at radius 1 is 1.47 bits per heavy atom. The zero-order valence-corrected chi connectivity index (χ0v) is 11.6. The summed E-state index contributed by atoms with van der Waals surface area (Å²) in [6.45, 7) is 3.72. The fourth-order valence-electron chi connectivity index (χ4n) is 1.81. The van der Waals surface area contributed by atoms with Crippen molar-refractivity contribution in [1.29, 1.82) is 0 Å². The summed E-state index contributed by atoms with van der Waals surface area (Å²) in [4.78, 5) is 15.3. The van der Waals surface area contributed by atoms with E-state index in [0.29, 0.717) is 16.4 Å². The fraction of sp³-hybridized carbons (Fsp3) is 0.727. The molecule has 1 aromatic heterocycles. The van der Waals surface area contributed by atoms with Crippen molar-refractivity contribution in [2.24, 2.45) is 0 Å². The predicted molar refractivity (Wildman–Crippen MR) is 70.4 cm³/mol. The zero-order chi connectivity index (χ0) is 12.3. The molecule has 0 spiro atoms. The lowest BCUT2D eigenvalue weighted by molar-refractivity contribution is -0.116. The van der Waals surface area contributed by atoms with E-state index in [2.05, 4.69) is 17.1 Å². The van der Waals surface area contributed by atoms with E-state index in [-0.39, 0.29) is 12.2 Å². The highest BCUT2D eigenvalue weighted by Gasteiger charge is 2.30. The van der Waals surface area contributed by atoms with Crippen molar-refractivity contribution in [3.63, 3.8) is 0 Å². The minimum Gasteiger partial charge on any atom is -0.339 e. The zero-order valence-electron chi connectivity index (χ0n) is 10.0. The van der Waals surface area contributed by atoms with Crippen molar-refractivity contribution in [2.45, 2.75) is 37.2 Å². The van der Waals surface area contributed by atoms with Crippen LogP contribution in [0.25, 0.3) is 0 Å². The molecule has 1 saturated heterocycles. The fourth-order valence-corrected chi connectivity index (χ4v) is 4.79. The van der Waals surface area contributed by atoms with E-state index in [0.717, 1.165) is 18.0 Å². The van der Waals surface area contributed by atoms with Crippen molar-refractivity contribution in [2.75, 3.05) is 11.5 Å². The van der Waals surface area contributed by atoms with Gasteiger partial charge in [-0.15, -0.1) is 11.8 Å². The summed E-state index contributed by atoms with van der Waals surface area (Å²) in [6.07, 6.45) is 1.35. The second-order valence-electron chi connectivity index (χ2n) is 4.03. The number of ketones is 1. The minimum absolute atomic E-state index is 0.0536. The molecule has 17 heavy (non-hydrogen) atoms. The monoisotopic (exact) mass is 272 g/mol. The van der Waals surface area contributed by atoms with Crippen LogP contribution in [0.5, 0.6) is 0 Å². The lowest BCUT2D eigenvalue weighted by Crippen LogP contribution is -2.19. The average Bonchev–Trinajstić information content (AvgIpc) is 2.76. The maximum atomic E-state index is 11.0. The number of aromatic nitrogens is 2. The Morgan fingerprint density at radius 3 is 2.94 bits per heavy atom. The molecule has 6 heteroatoms. The number of rotatable bonds is 4. The summed E-state index contributed by atoms with van der Waals surface area (Å²) in [5, 5.41) is 4.88. The third kappa shape index (κ3) is 3.25. The molecule has 1 aliphatic heterocycles. The van der Waals surface area contributed by atoms with E-state index in [1.807, 2.05) is 23.5 Å². The van der Waals surface area contributed by atoms with Crippen LogP contribution in [-0.4, -0.2) is 32.7 Å². The van der Waals surface area contributed by atoms with Crippen LogP contribution in [0.2, 0.25) is 0 Å². The number of carbonyl (C=O) groups excluding carboxylic acids is 1. The first kappa shape index (κ1) is 13.0. The molecular weight excluding hydrogens is 256 g/mol. The van der Waals surface area contributed by atoms with Crippen LogP contribution in [-0.2, 0) is 11.2 Å². The molecule has 2 atom stereocenters. The summed E-state index contributed by atoms with van der Waals surface area (Å²) >= 11 is 3.87. The molecule has 1 aromatic rings. The van der Waals surface area contributed by atoms with Gasteiger partial charge in [-0.2, -0.15) is 16.7 Å². The number of thioether (sulfide) groups is 2. The molecule has 0 saturated carbocycles. The van der Waals surface area contributed by atoms with Gasteiger partial charge in [0.05, 0.1) is 11.7 Å². The first-order valence-corrected chi connectivity index (χ1v) is 7.85. The summed E-state index contributed by atoms with van der Waals surface area (Å²) < 4.78 is 5.12. The predicted octanol–water partition coefficient (Wildman–Crippen LogP) is 2.50. The Labute approximate surface area is 109 Å². The van der Waals surface area contributed by atoms with Gasteiger partial charge in [-0.05, 0) is 13.3 Å². The van der Waals surface area contributed by atoms with Crippen molar-refractivity contribution in [1.82, 2.24) is 10.1 Å². The Kier molecular flexibility index (Phi) is 4.50. The highest BCUT2D eigenvalue weighted by Crippen LogP contribution is 2.42. The second kappa shape index (κ2) is 5.91. The summed E-state index contributed by atoms with van der Waals surface area (Å²) in [6, 6.07) is 0. The Bertz CT molecular complexity index is 395. The van der Waals surface area contributed by atoms with Crippen LogP contribution in [0.15, 0.2) is 4.52 Å². The number of hydrogen-bond donors (Lipinski definition) is 0. The van der Waals surface area contributed by atoms with Crippen molar-refractivity contribution in [3.8, 4) is 0 Å². The maximum Gasteiger partial charge on any atom is 0.234 e. The molecule has 1 aliphatic rings. The van der Waals surface area contributed by atoms with Crippen LogP contribution in [0.1, 0.15) is 37.2 Å².